The molecule has 0 aliphatic rings. The number of nitro groups is 1. The first-order valence-corrected chi connectivity index (χ1v) is 9.30. The zero-order valence-corrected chi connectivity index (χ0v) is 17.7. The van der Waals surface area contributed by atoms with E-state index >= 15 is 0 Å². The maximum Gasteiger partial charge on any atom is 0.408 e. The molecule has 2 rings (SSSR count). The molecule has 0 spiro atoms. The number of imidazole rings is 1. The SMILES string of the molecule is COC(=O)C(Cc1cn(Cc2ccc([N+](=O)[O-])c(C)c2)cn1)NC(=O)OC(C)(C)C. The van der Waals surface area contributed by atoms with Crippen molar-refractivity contribution in [1.29, 1.82) is 0 Å². The largest absolute Gasteiger partial charge is 0.467 e. The van der Waals surface area contributed by atoms with Gasteiger partial charge in [0.05, 0.1) is 24.1 Å². The highest BCUT2D eigenvalue weighted by atomic mass is 16.6. The first kappa shape index (κ1) is 22.9. The Balaban J connectivity index is 2.07. The molecule has 10 heteroatoms. The van der Waals surface area contributed by atoms with E-state index in [1.165, 1.54) is 13.2 Å². The zero-order chi connectivity index (χ0) is 22.5. The number of hydrogen-bond donors (Lipinski definition) is 1. The second-order valence-corrected chi connectivity index (χ2v) is 7.84. The molecule has 30 heavy (non-hydrogen) atoms. The summed E-state index contributed by atoms with van der Waals surface area (Å²) >= 11 is 0. The number of alkyl carbamates (subject to hydrolysis) is 1. The van der Waals surface area contributed by atoms with Gasteiger partial charge in [-0.25, -0.2) is 14.6 Å². The Morgan fingerprint density at radius 3 is 2.60 bits per heavy atom. The third-order valence-electron chi connectivity index (χ3n) is 4.10. The van der Waals surface area contributed by atoms with Crippen LogP contribution in [0.25, 0.3) is 0 Å². The molecular weight excluding hydrogens is 392 g/mol. The first-order valence-electron chi connectivity index (χ1n) is 9.30. The van der Waals surface area contributed by atoms with Crippen molar-refractivity contribution in [3.63, 3.8) is 0 Å². The first-order chi connectivity index (χ1) is 14.0. The minimum Gasteiger partial charge on any atom is -0.467 e. The van der Waals surface area contributed by atoms with Crippen LogP contribution in [0.15, 0.2) is 30.7 Å². The van der Waals surface area contributed by atoms with Gasteiger partial charge in [-0.2, -0.15) is 0 Å². The fraction of sp³-hybridized carbons (Fsp3) is 0.450. The number of nitrogens with zero attached hydrogens (tertiary/aromatic N) is 3. The van der Waals surface area contributed by atoms with Crippen molar-refractivity contribution in [2.24, 2.45) is 0 Å². The highest BCUT2D eigenvalue weighted by molar-refractivity contribution is 5.81. The molecule has 0 bridgehead atoms. The lowest BCUT2D eigenvalue weighted by Crippen LogP contribution is -2.45. The van der Waals surface area contributed by atoms with E-state index in [-0.39, 0.29) is 12.1 Å². The molecule has 0 saturated carbocycles. The number of carbonyl (C=O) groups excluding carboxylic acids is 2. The number of esters is 1. The molecule has 2 aromatic rings. The summed E-state index contributed by atoms with van der Waals surface area (Å²) in [7, 11) is 1.24. The monoisotopic (exact) mass is 418 g/mol. The van der Waals surface area contributed by atoms with Crippen LogP contribution in [0.4, 0.5) is 10.5 Å². The molecule has 0 radical (unpaired) electrons. The summed E-state index contributed by atoms with van der Waals surface area (Å²) in [5, 5.41) is 13.5. The number of amides is 1. The van der Waals surface area contributed by atoms with Crippen LogP contribution in [0, 0.1) is 17.0 Å². The summed E-state index contributed by atoms with van der Waals surface area (Å²) in [6.45, 7) is 7.31. The number of benzene rings is 1. The van der Waals surface area contributed by atoms with Crippen molar-refractivity contribution < 1.29 is 24.0 Å². The van der Waals surface area contributed by atoms with Gasteiger partial charge in [0, 0.05) is 30.8 Å². The second kappa shape index (κ2) is 9.38. The van der Waals surface area contributed by atoms with Crippen LogP contribution in [0.3, 0.4) is 0 Å². The Kier molecular flexibility index (Phi) is 7.14. The average Bonchev–Trinajstić information content (AvgIpc) is 3.05. The summed E-state index contributed by atoms with van der Waals surface area (Å²) in [5.74, 6) is -0.610. The van der Waals surface area contributed by atoms with Crippen molar-refractivity contribution in [1.82, 2.24) is 14.9 Å². The standard InChI is InChI=1S/C20H26N4O6/c1-13-8-14(6-7-17(13)24(27)28)10-23-11-15(21-12-23)9-16(18(25)29-5)22-19(26)30-20(2,3)4/h6-8,11-12,16H,9-10H2,1-5H3,(H,22,26). The van der Waals surface area contributed by atoms with Crippen LogP contribution in [-0.4, -0.2) is 45.3 Å². The molecule has 162 valence electrons. The van der Waals surface area contributed by atoms with Crippen molar-refractivity contribution >= 4 is 17.7 Å². The third kappa shape index (κ3) is 6.57. The Bertz CT molecular complexity index is 932. The number of rotatable bonds is 7. The highest BCUT2D eigenvalue weighted by Gasteiger charge is 2.26. The van der Waals surface area contributed by atoms with Crippen molar-refractivity contribution in [2.75, 3.05) is 7.11 Å². The van der Waals surface area contributed by atoms with E-state index in [9.17, 15) is 19.7 Å². The Morgan fingerprint density at radius 2 is 2.03 bits per heavy atom. The number of carbonyl (C=O) groups is 2. The lowest BCUT2D eigenvalue weighted by Gasteiger charge is -2.22. The number of nitro benzene ring substituents is 1. The summed E-state index contributed by atoms with van der Waals surface area (Å²) < 4.78 is 11.7. The van der Waals surface area contributed by atoms with E-state index in [0.29, 0.717) is 17.8 Å². The van der Waals surface area contributed by atoms with E-state index < -0.39 is 28.6 Å². The molecule has 1 N–H and O–H groups in total. The molecule has 1 aromatic carbocycles. The van der Waals surface area contributed by atoms with Gasteiger partial charge in [-0.15, -0.1) is 0 Å². The smallest absolute Gasteiger partial charge is 0.408 e. The van der Waals surface area contributed by atoms with Crippen LogP contribution >= 0.6 is 0 Å². The summed E-state index contributed by atoms with van der Waals surface area (Å²) in [4.78, 5) is 38.9. The zero-order valence-electron chi connectivity index (χ0n) is 17.7. The number of hydrogen-bond acceptors (Lipinski definition) is 7. The summed E-state index contributed by atoms with van der Waals surface area (Å²) in [6.07, 6.45) is 2.73. The van der Waals surface area contributed by atoms with Crippen LogP contribution in [0.1, 0.15) is 37.6 Å². The molecule has 1 atom stereocenters. The van der Waals surface area contributed by atoms with Gasteiger partial charge in [0.2, 0.25) is 0 Å². The second-order valence-electron chi connectivity index (χ2n) is 7.84. The maximum absolute atomic E-state index is 12.1. The molecule has 1 heterocycles. The maximum atomic E-state index is 12.1. The summed E-state index contributed by atoms with van der Waals surface area (Å²) in [5.41, 5.74) is 1.39. The molecular formula is C20H26N4O6. The van der Waals surface area contributed by atoms with Gasteiger partial charge in [0.15, 0.2) is 0 Å². The van der Waals surface area contributed by atoms with E-state index in [0.717, 1.165) is 5.56 Å². The normalized spacial score (nSPS) is 12.2. The number of ether oxygens (including phenoxy) is 2. The molecule has 0 aliphatic carbocycles. The minimum absolute atomic E-state index is 0.0687. The number of aryl methyl sites for hydroxylation is 1. The fourth-order valence-electron chi connectivity index (χ4n) is 2.82. The molecule has 10 nitrogen and oxygen atoms in total. The Labute approximate surface area is 174 Å². The number of aromatic nitrogens is 2. The van der Waals surface area contributed by atoms with E-state index in [1.54, 1.807) is 56.9 Å². The van der Waals surface area contributed by atoms with Gasteiger partial charge < -0.3 is 19.4 Å². The van der Waals surface area contributed by atoms with E-state index in [2.05, 4.69) is 10.3 Å². The van der Waals surface area contributed by atoms with Gasteiger partial charge in [-0.05, 0) is 39.3 Å². The summed E-state index contributed by atoms with van der Waals surface area (Å²) in [6, 6.07) is 3.96. The van der Waals surface area contributed by atoms with Crippen LogP contribution in [-0.2, 0) is 27.2 Å². The molecule has 1 aromatic heterocycles. The van der Waals surface area contributed by atoms with E-state index in [4.69, 9.17) is 9.47 Å². The highest BCUT2D eigenvalue weighted by Crippen LogP contribution is 2.19. The average molecular weight is 418 g/mol. The molecule has 0 fully saturated rings. The molecule has 1 unspecified atom stereocenters. The lowest BCUT2D eigenvalue weighted by atomic mass is 10.1. The number of nitrogens with one attached hydrogen (secondary N) is 1. The topological polar surface area (TPSA) is 126 Å². The van der Waals surface area contributed by atoms with Gasteiger partial charge in [-0.1, -0.05) is 6.07 Å². The van der Waals surface area contributed by atoms with Gasteiger partial charge in [-0.3, -0.25) is 10.1 Å². The van der Waals surface area contributed by atoms with Gasteiger partial charge in [0.1, 0.15) is 11.6 Å². The Morgan fingerprint density at radius 1 is 1.33 bits per heavy atom. The van der Waals surface area contributed by atoms with E-state index in [1.807, 2.05) is 0 Å². The van der Waals surface area contributed by atoms with Crippen LogP contribution < -0.4 is 5.32 Å². The minimum atomic E-state index is -0.949. The van der Waals surface area contributed by atoms with Crippen molar-refractivity contribution in [3.05, 3.63) is 57.7 Å². The van der Waals surface area contributed by atoms with Crippen molar-refractivity contribution in [2.45, 2.75) is 52.3 Å². The molecule has 1 amide bonds. The number of methoxy groups -OCH3 is 1. The fourth-order valence-corrected chi connectivity index (χ4v) is 2.82. The third-order valence-corrected chi connectivity index (χ3v) is 4.10. The quantitative estimate of drug-likeness (QED) is 0.416. The van der Waals surface area contributed by atoms with Gasteiger partial charge in [0.25, 0.3) is 5.69 Å². The Hall–Kier alpha value is -3.43. The van der Waals surface area contributed by atoms with Crippen LogP contribution in [0.5, 0.6) is 0 Å². The predicted molar refractivity (Wildman–Crippen MR) is 108 cm³/mol. The van der Waals surface area contributed by atoms with Gasteiger partial charge >= 0.3 is 12.1 Å². The van der Waals surface area contributed by atoms with Crippen LogP contribution in [0.2, 0.25) is 0 Å². The lowest BCUT2D eigenvalue weighted by molar-refractivity contribution is -0.385. The molecule has 0 aliphatic heterocycles. The predicted octanol–water partition coefficient (Wildman–Crippen LogP) is 2.76. The molecule has 0 saturated heterocycles. The van der Waals surface area contributed by atoms with Crippen molar-refractivity contribution in [3.8, 4) is 0 Å².